The van der Waals surface area contributed by atoms with Crippen molar-refractivity contribution in [3.8, 4) is 17.0 Å². The summed E-state index contributed by atoms with van der Waals surface area (Å²) in [7, 11) is 3.77. The van der Waals surface area contributed by atoms with Crippen LogP contribution >= 0.6 is 11.3 Å². The van der Waals surface area contributed by atoms with Crippen LogP contribution in [0.15, 0.2) is 29.8 Å². The second kappa shape index (κ2) is 6.71. The average molecular weight is 356 g/mol. The Morgan fingerprint density at radius 1 is 1.32 bits per heavy atom. The molecule has 0 unspecified atom stereocenters. The zero-order valence-corrected chi connectivity index (χ0v) is 15.9. The van der Waals surface area contributed by atoms with Gasteiger partial charge in [-0.15, -0.1) is 11.3 Å². The Balaban J connectivity index is 1.60. The molecule has 0 aliphatic heterocycles. The summed E-state index contributed by atoms with van der Waals surface area (Å²) < 4.78 is 7.49. The summed E-state index contributed by atoms with van der Waals surface area (Å²) in [5.41, 5.74) is 3.39. The number of anilines is 1. The maximum absolute atomic E-state index is 5.35. The second-order valence-corrected chi connectivity index (χ2v) is 8.05. The van der Waals surface area contributed by atoms with E-state index in [2.05, 4.69) is 47.6 Å². The average Bonchev–Trinajstić information content (AvgIpc) is 3.19. The number of fused-ring (bicyclic) bond motifs is 1. The third-order valence-corrected chi connectivity index (χ3v) is 6.02. The summed E-state index contributed by atoms with van der Waals surface area (Å²) in [6.07, 6.45) is 7.35. The van der Waals surface area contributed by atoms with E-state index >= 15 is 0 Å². The van der Waals surface area contributed by atoms with Gasteiger partial charge in [-0.25, -0.2) is 4.98 Å². The van der Waals surface area contributed by atoms with Crippen LogP contribution in [0.3, 0.4) is 0 Å². The largest absolute Gasteiger partial charge is 0.497 e. The highest BCUT2D eigenvalue weighted by molar-refractivity contribution is 7.14. The summed E-state index contributed by atoms with van der Waals surface area (Å²) in [4.78, 5) is 4.87. The number of nitrogens with zero attached hydrogens (tertiary/aromatic N) is 2. The number of methoxy groups -OCH3 is 1. The number of aryl methyl sites for hydroxylation is 1. The van der Waals surface area contributed by atoms with Crippen LogP contribution < -0.4 is 10.1 Å². The minimum absolute atomic E-state index is 0.569. The van der Waals surface area contributed by atoms with Gasteiger partial charge >= 0.3 is 0 Å². The highest BCUT2D eigenvalue weighted by Gasteiger charge is 2.20. The Hall–Kier alpha value is -2.01. The van der Waals surface area contributed by atoms with Crippen molar-refractivity contribution in [3.05, 3.63) is 29.8 Å². The first kappa shape index (κ1) is 16.5. The molecule has 3 aromatic rings. The van der Waals surface area contributed by atoms with Gasteiger partial charge in [-0.05, 0) is 30.9 Å². The number of hydrogen-bond acceptors (Lipinski definition) is 4. The zero-order valence-electron chi connectivity index (χ0n) is 15.1. The third kappa shape index (κ3) is 3.25. The molecule has 25 heavy (non-hydrogen) atoms. The predicted molar refractivity (Wildman–Crippen MR) is 106 cm³/mol. The lowest BCUT2D eigenvalue weighted by Crippen LogP contribution is -2.26. The Labute approximate surface area is 152 Å². The van der Waals surface area contributed by atoms with Crippen LogP contribution in [0.1, 0.15) is 32.6 Å². The van der Waals surface area contributed by atoms with Gasteiger partial charge < -0.3 is 14.6 Å². The Morgan fingerprint density at radius 2 is 2.20 bits per heavy atom. The van der Waals surface area contributed by atoms with Crippen molar-refractivity contribution in [2.24, 2.45) is 13.0 Å². The van der Waals surface area contributed by atoms with Crippen LogP contribution in [-0.2, 0) is 7.05 Å². The van der Waals surface area contributed by atoms with Crippen LogP contribution in [-0.4, -0.2) is 22.7 Å². The third-order valence-electron chi connectivity index (χ3n) is 5.24. The smallest absolute Gasteiger partial charge is 0.183 e. The molecule has 0 spiro atoms. The van der Waals surface area contributed by atoms with E-state index in [-0.39, 0.29) is 0 Å². The lowest BCUT2D eigenvalue weighted by molar-refractivity contribution is 0.358. The topological polar surface area (TPSA) is 39.1 Å². The molecular weight excluding hydrogens is 330 g/mol. The van der Waals surface area contributed by atoms with E-state index in [1.807, 2.05) is 6.07 Å². The van der Waals surface area contributed by atoms with Crippen LogP contribution in [0.25, 0.3) is 22.2 Å². The molecule has 2 atom stereocenters. The van der Waals surface area contributed by atoms with Gasteiger partial charge in [0.1, 0.15) is 5.75 Å². The molecule has 0 amide bonds. The SMILES string of the molecule is COc1ccc2c(-c3csc(N[C@@H]4CCC[C@H](C)C4)n3)cn(C)c2c1. The monoisotopic (exact) mass is 355 g/mol. The van der Waals surface area contributed by atoms with Crippen molar-refractivity contribution in [3.63, 3.8) is 0 Å². The Morgan fingerprint density at radius 3 is 3.00 bits per heavy atom. The standard InChI is InChI=1S/C20H25N3OS/c1-13-5-4-6-14(9-13)21-20-22-18(12-25-20)17-11-23(2)19-10-15(24-3)7-8-16(17)19/h7-8,10-14H,4-6,9H2,1-3H3,(H,21,22)/t13-,14+/m0/s1. The van der Waals surface area contributed by atoms with Gasteiger partial charge in [0.25, 0.3) is 0 Å². The van der Waals surface area contributed by atoms with Crippen LogP contribution in [0, 0.1) is 5.92 Å². The maximum atomic E-state index is 5.35. The van der Waals surface area contributed by atoms with Gasteiger partial charge in [0, 0.05) is 41.7 Å². The van der Waals surface area contributed by atoms with Gasteiger partial charge in [-0.1, -0.05) is 19.8 Å². The minimum Gasteiger partial charge on any atom is -0.497 e. The first-order chi connectivity index (χ1) is 12.1. The fourth-order valence-corrected chi connectivity index (χ4v) is 4.69. The molecule has 1 N–H and O–H groups in total. The van der Waals surface area contributed by atoms with Gasteiger partial charge in [-0.2, -0.15) is 0 Å². The van der Waals surface area contributed by atoms with E-state index in [0.717, 1.165) is 28.0 Å². The van der Waals surface area contributed by atoms with Gasteiger partial charge in [0.2, 0.25) is 0 Å². The molecule has 0 radical (unpaired) electrons. The molecule has 5 heteroatoms. The Bertz CT molecular complexity index is 882. The molecule has 132 valence electrons. The zero-order chi connectivity index (χ0) is 17.4. The summed E-state index contributed by atoms with van der Waals surface area (Å²) in [6.45, 7) is 2.35. The number of ether oxygens (including phenoxy) is 1. The summed E-state index contributed by atoms with van der Waals surface area (Å²) >= 11 is 1.71. The van der Waals surface area contributed by atoms with E-state index in [9.17, 15) is 0 Å². The molecule has 1 saturated carbocycles. The minimum atomic E-state index is 0.569. The first-order valence-electron chi connectivity index (χ1n) is 8.99. The van der Waals surface area contributed by atoms with Crippen molar-refractivity contribution in [2.75, 3.05) is 12.4 Å². The molecule has 1 aromatic carbocycles. The maximum Gasteiger partial charge on any atom is 0.183 e. The fourth-order valence-electron chi connectivity index (χ4n) is 3.90. The molecule has 2 heterocycles. The molecule has 4 nitrogen and oxygen atoms in total. The van der Waals surface area contributed by atoms with E-state index in [1.165, 1.54) is 36.6 Å². The number of hydrogen-bond donors (Lipinski definition) is 1. The normalized spacial score (nSPS) is 20.8. The van der Waals surface area contributed by atoms with Gasteiger partial charge in [-0.3, -0.25) is 0 Å². The molecule has 2 aromatic heterocycles. The highest BCUT2D eigenvalue weighted by atomic mass is 32.1. The van der Waals surface area contributed by atoms with Crippen LogP contribution in [0.5, 0.6) is 5.75 Å². The summed E-state index contributed by atoms with van der Waals surface area (Å²) in [6, 6.07) is 6.78. The van der Waals surface area contributed by atoms with Crippen molar-refractivity contribution in [1.82, 2.24) is 9.55 Å². The molecular formula is C20H25N3OS. The molecule has 1 aliphatic carbocycles. The highest BCUT2D eigenvalue weighted by Crippen LogP contribution is 2.35. The lowest BCUT2D eigenvalue weighted by Gasteiger charge is -2.27. The van der Waals surface area contributed by atoms with Crippen molar-refractivity contribution in [2.45, 2.75) is 38.6 Å². The summed E-state index contributed by atoms with van der Waals surface area (Å²) in [5, 5.41) is 8.07. The van der Waals surface area contributed by atoms with Crippen LogP contribution in [0.2, 0.25) is 0 Å². The van der Waals surface area contributed by atoms with Gasteiger partial charge in [0.15, 0.2) is 5.13 Å². The van der Waals surface area contributed by atoms with E-state index in [0.29, 0.717) is 6.04 Å². The molecule has 0 saturated heterocycles. The lowest BCUT2D eigenvalue weighted by atomic mass is 9.87. The molecule has 4 rings (SSSR count). The molecule has 1 aliphatic rings. The van der Waals surface area contributed by atoms with E-state index in [1.54, 1.807) is 18.4 Å². The first-order valence-corrected chi connectivity index (χ1v) is 9.87. The van der Waals surface area contributed by atoms with Crippen molar-refractivity contribution >= 4 is 27.4 Å². The number of nitrogens with one attached hydrogen (secondary N) is 1. The van der Waals surface area contributed by atoms with Crippen molar-refractivity contribution < 1.29 is 4.74 Å². The summed E-state index contributed by atoms with van der Waals surface area (Å²) in [5.74, 6) is 1.70. The number of aromatic nitrogens is 2. The predicted octanol–water partition coefficient (Wildman–Crippen LogP) is 5.30. The van der Waals surface area contributed by atoms with E-state index in [4.69, 9.17) is 9.72 Å². The molecule has 0 bridgehead atoms. The fraction of sp³-hybridized carbons (Fsp3) is 0.450. The second-order valence-electron chi connectivity index (χ2n) is 7.19. The van der Waals surface area contributed by atoms with Crippen molar-refractivity contribution in [1.29, 1.82) is 0 Å². The molecule has 1 fully saturated rings. The van der Waals surface area contributed by atoms with E-state index < -0.39 is 0 Å². The number of benzene rings is 1. The van der Waals surface area contributed by atoms with Crippen LogP contribution in [0.4, 0.5) is 5.13 Å². The quantitative estimate of drug-likeness (QED) is 0.690. The van der Waals surface area contributed by atoms with Gasteiger partial charge in [0.05, 0.1) is 18.3 Å². The number of rotatable bonds is 4. The number of thiazole rings is 1. The Kier molecular flexibility index (Phi) is 4.42.